The first-order chi connectivity index (χ1) is 5.00. The van der Waals surface area contributed by atoms with Gasteiger partial charge in [-0.15, -0.1) is 0 Å². The van der Waals surface area contributed by atoms with Crippen LogP contribution in [0.5, 0.6) is 0 Å². The van der Waals surface area contributed by atoms with Crippen molar-refractivity contribution < 1.29 is 14.3 Å². The molecule has 0 aromatic carbocycles. The molecule has 0 aromatic heterocycles. The third-order valence-electron chi connectivity index (χ3n) is 2.65. The van der Waals surface area contributed by atoms with Crippen LogP contribution in [-0.2, 0) is 14.3 Å². The Morgan fingerprint density at radius 1 is 1.55 bits per heavy atom. The van der Waals surface area contributed by atoms with E-state index in [4.69, 9.17) is 4.74 Å². The Balaban J connectivity index is 2.69. The third-order valence-corrected chi connectivity index (χ3v) is 2.65. The standard InChI is InChI=1S/C8H14O3/c1-5-7(2)8(3,11-7)6(9)10-4/h5H2,1-4H3. The van der Waals surface area contributed by atoms with E-state index in [1.807, 2.05) is 13.8 Å². The Kier molecular flexibility index (Phi) is 1.71. The number of ether oxygens (including phenoxy) is 2. The van der Waals surface area contributed by atoms with Crippen LogP contribution in [0.1, 0.15) is 27.2 Å². The molecule has 3 heteroatoms. The Morgan fingerprint density at radius 3 is 2.36 bits per heavy atom. The number of rotatable bonds is 2. The van der Waals surface area contributed by atoms with Crippen LogP contribution in [0.3, 0.4) is 0 Å². The van der Waals surface area contributed by atoms with Crippen molar-refractivity contribution in [1.82, 2.24) is 0 Å². The lowest BCUT2D eigenvalue weighted by Gasteiger charge is -2.07. The highest BCUT2D eigenvalue weighted by molar-refractivity contribution is 5.84. The van der Waals surface area contributed by atoms with Crippen LogP contribution < -0.4 is 0 Å². The topological polar surface area (TPSA) is 38.8 Å². The van der Waals surface area contributed by atoms with Gasteiger partial charge in [-0.3, -0.25) is 0 Å². The average Bonchev–Trinajstić information content (AvgIpc) is 2.56. The van der Waals surface area contributed by atoms with Crippen molar-refractivity contribution in [1.29, 1.82) is 0 Å². The minimum absolute atomic E-state index is 0.276. The lowest BCUT2D eigenvalue weighted by molar-refractivity contribution is -0.146. The molecule has 0 spiro atoms. The second-order valence-corrected chi connectivity index (χ2v) is 3.21. The summed E-state index contributed by atoms with van der Waals surface area (Å²) in [6.07, 6.45) is 0.832. The molecule has 1 heterocycles. The first kappa shape index (κ1) is 8.53. The molecule has 1 rings (SSSR count). The molecule has 1 fully saturated rings. The van der Waals surface area contributed by atoms with Crippen LogP contribution in [0.2, 0.25) is 0 Å². The first-order valence-corrected chi connectivity index (χ1v) is 3.79. The van der Waals surface area contributed by atoms with Gasteiger partial charge in [-0.2, -0.15) is 0 Å². The second-order valence-electron chi connectivity index (χ2n) is 3.21. The highest BCUT2D eigenvalue weighted by Gasteiger charge is 2.68. The zero-order chi connectivity index (χ0) is 8.70. The van der Waals surface area contributed by atoms with Crippen LogP contribution in [-0.4, -0.2) is 24.3 Å². The van der Waals surface area contributed by atoms with E-state index in [0.29, 0.717) is 0 Å². The Hall–Kier alpha value is -0.570. The summed E-state index contributed by atoms with van der Waals surface area (Å²) in [5.41, 5.74) is -1.00. The molecular formula is C8H14O3. The zero-order valence-electron chi connectivity index (χ0n) is 7.43. The van der Waals surface area contributed by atoms with Crippen molar-refractivity contribution in [3.05, 3.63) is 0 Å². The van der Waals surface area contributed by atoms with E-state index in [0.717, 1.165) is 6.42 Å². The van der Waals surface area contributed by atoms with Gasteiger partial charge in [0, 0.05) is 0 Å². The molecule has 1 saturated heterocycles. The molecule has 1 aliphatic rings. The number of carbonyl (C=O) groups is 1. The predicted molar refractivity (Wildman–Crippen MR) is 40.2 cm³/mol. The lowest BCUT2D eigenvalue weighted by atomic mass is 9.94. The Morgan fingerprint density at radius 2 is 2.09 bits per heavy atom. The molecular weight excluding hydrogens is 144 g/mol. The van der Waals surface area contributed by atoms with Gasteiger partial charge >= 0.3 is 5.97 Å². The number of carbonyl (C=O) groups excluding carboxylic acids is 1. The number of epoxide rings is 1. The minimum atomic E-state index is -0.698. The molecule has 0 aliphatic carbocycles. The molecule has 3 nitrogen and oxygen atoms in total. The summed E-state index contributed by atoms with van der Waals surface area (Å²) in [4.78, 5) is 11.1. The molecule has 2 unspecified atom stereocenters. The SMILES string of the molecule is CCC1(C)OC1(C)C(=O)OC. The molecule has 11 heavy (non-hydrogen) atoms. The van der Waals surface area contributed by atoms with E-state index in [1.54, 1.807) is 6.92 Å². The van der Waals surface area contributed by atoms with Crippen molar-refractivity contribution in [2.75, 3.05) is 7.11 Å². The van der Waals surface area contributed by atoms with Crippen LogP contribution >= 0.6 is 0 Å². The monoisotopic (exact) mass is 158 g/mol. The molecule has 2 atom stereocenters. The van der Waals surface area contributed by atoms with Crippen molar-refractivity contribution in [2.24, 2.45) is 0 Å². The Bertz CT molecular complexity index is 190. The van der Waals surface area contributed by atoms with Gasteiger partial charge in [0.15, 0.2) is 5.60 Å². The van der Waals surface area contributed by atoms with E-state index in [-0.39, 0.29) is 11.6 Å². The van der Waals surface area contributed by atoms with Crippen LogP contribution in [0.4, 0.5) is 0 Å². The first-order valence-electron chi connectivity index (χ1n) is 3.79. The van der Waals surface area contributed by atoms with Crippen molar-refractivity contribution in [2.45, 2.75) is 38.4 Å². The van der Waals surface area contributed by atoms with E-state index in [9.17, 15) is 4.79 Å². The summed E-state index contributed by atoms with van der Waals surface area (Å²) >= 11 is 0. The van der Waals surface area contributed by atoms with E-state index in [2.05, 4.69) is 4.74 Å². The fourth-order valence-electron chi connectivity index (χ4n) is 1.29. The highest BCUT2D eigenvalue weighted by Crippen LogP contribution is 2.50. The summed E-state index contributed by atoms with van der Waals surface area (Å²) in [5.74, 6) is -0.276. The van der Waals surface area contributed by atoms with Gasteiger partial charge in [-0.1, -0.05) is 6.92 Å². The molecule has 1 aliphatic heterocycles. The maximum Gasteiger partial charge on any atom is 0.340 e. The summed E-state index contributed by atoms with van der Waals surface area (Å²) in [6, 6.07) is 0. The normalized spacial score (nSPS) is 41.8. The van der Waals surface area contributed by atoms with Gasteiger partial charge < -0.3 is 9.47 Å². The predicted octanol–water partition coefficient (Wildman–Crippen LogP) is 1.12. The molecule has 0 radical (unpaired) electrons. The van der Waals surface area contributed by atoms with Crippen LogP contribution in [0, 0.1) is 0 Å². The second kappa shape index (κ2) is 2.21. The van der Waals surface area contributed by atoms with E-state index < -0.39 is 5.60 Å². The van der Waals surface area contributed by atoms with Gasteiger partial charge in [-0.05, 0) is 20.3 Å². The summed E-state index contributed by atoms with van der Waals surface area (Å²) in [5, 5.41) is 0. The molecule has 0 N–H and O–H groups in total. The van der Waals surface area contributed by atoms with Crippen molar-refractivity contribution >= 4 is 5.97 Å². The number of esters is 1. The quantitative estimate of drug-likeness (QED) is 0.446. The van der Waals surface area contributed by atoms with Gasteiger partial charge in [0.25, 0.3) is 0 Å². The van der Waals surface area contributed by atoms with Crippen LogP contribution in [0.15, 0.2) is 0 Å². The summed E-state index contributed by atoms with van der Waals surface area (Å²) in [7, 11) is 1.38. The fraction of sp³-hybridized carbons (Fsp3) is 0.875. The van der Waals surface area contributed by atoms with Crippen molar-refractivity contribution in [3.8, 4) is 0 Å². The zero-order valence-corrected chi connectivity index (χ0v) is 7.43. The summed E-state index contributed by atoms with van der Waals surface area (Å²) in [6.45, 7) is 5.68. The van der Waals surface area contributed by atoms with Crippen LogP contribution in [0.25, 0.3) is 0 Å². The number of hydrogen-bond acceptors (Lipinski definition) is 3. The lowest BCUT2D eigenvalue weighted by Crippen LogP contribution is -2.30. The molecule has 0 aromatic rings. The maximum absolute atomic E-state index is 11.1. The highest BCUT2D eigenvalue weighted by atomic mass is 16.7. The number of methoxy groups -OCH3 is 1. The maximum atomic E-state index is 11.1. The smallest absolute Gasteiger partial charge is 0.340 e. The van der Waals surface area contributed by atoms with Gasteiger partial charge in [0.2, 0.25) is 0 Å². The van der Waals surface area contributed by atoms with E-state index >= 15 is 0 Å². The van der Waals surface area contributed by atoms with E-state index in [1.165, 1.54) is 7.11 Å². The van der Waals surface area contributed by atoms with Crippen molar-refractivity contribution in [3.63, 3.8) is 0 Å². The van der Waals surface area contributed by atoms with Gasteiger partial charge in [0.05, 0.1) is 7.11 Å². The summed E-state index contributed by atoms with van der Waals surface area (Å²) < 4.78 is 9.93. The largest absolute Gasteiger partial charge is 0.467 e. The minimum Gasteiger partial charge on any atom is -0.467 e. The van der Waals surface area contributed by atoms with Gasteiger partial charge in [-0.25, -0.2) is 4.79 Å². The molecule has 64 valence electrons. The third kappa shape index (κ3) is 0.948. The molecule has 0 bridgehead atoms. The Labute approximate surface area is 66.7 Å². The fourth-order valence-corrected chi connectivity index (χ4v) is 1.29. The van der Waals surface area contributed by atoms with Gasteiger partial charge in [0.1, 0.15) is 5.60 Å². The molecule has 0 saturated carbocycles. The molecule has 0 amide bonds. The average molecular weight is 158 g/mol. The number of hydrogen-bond donors (Lipinski definition) is 0.